The lowest BCUT2D eigenvalue weighted by Gasteiger charge is -2.25. The summed E-state index contributed by atoms with van der Waals surface area (Å²) < 4.78 is 10.7. The second-order valence-electron chi connectivity index (χ2n) is 7.76. The first-order valence-electron chi connectivity index (χ1n) is 9.52. The van der Waals surface area contributed by atoms with Gasteiger partial charge < -0.3 is 20.1 Å². The van der Waals surface area contributed by atoms with Gasteiger partial charge in [0.15, 0.2) is 5.82 Å². The highest BCUT2D eigenvalue weighted by molar-refractivity contribution is 6.28. The molecule has 8 nitrogen and oxygen atoms in total. The summed E-state index contributed by atoms with van der Waals surface area (Å²) in [6, 6.07) is 7.55. The average Bonchev–Trinajstić information content (AvgIpc) is 2.63. The molecular weight excluding hydrogens is 394 g/mol. The van der Waals surface area contributed by atoms with Gasteiger partial charge in [-0.05, 0) is 63.4 Å². The number of ether oxygens (including phenoxy) is 2. The van der Waals surface area contributed by atoms with Crippen molar-refractivity contribution < 1.29 is 14.3 Å². The molecule has 1 aliphatic heterocycles. The molecule has 1 aromatic heterocycles. The van der Waals surface area contributed by atoms with Crippen molar-refractivity contribution >= 4 is 40.6 Å². The van der Waals surface area contributed by atoms with Crippen molar-refractivity contribution in [3.8, 4) is 0 Å². The van der Waals surface area contributed by atoms with Gasteiger partial charge >= 0.3 is 6.09 Å². The molecule has 0 unspecified atom stereocenters. The summed E-state index contributed by atoms with van der Waals surface area (Å²) in [5, 5.41) is 9.57. The first-order chi connectivity index (χ1) is 13.8. The third kappa shape index (κ3) is 6.76. The molecular formula is C20H26ClN5O3. The number of anilines is 4. The van der Waals surface area contributed by atoms with E-state index in [-0.39, 0.29) is 11.3 Å². The minimum atomic E-state index is -0.567. The number of benzene rings is 1. The summed E-state index contributed by atoms with van der Waals surface area (Å²) in [5.41, 5.74) is 1.53. The van der Waals surface area contributed by atoms with Gasteiger partial charge in [0.25, 0.3) is 0 Å². The van der Waals surface area contributed by atoms with Gasteiger partial charge in [-0.25, -0.2) is 9.78 Å². The van der Waals surface area contributed by atoms with E-state index in [1.165, 1.54) is 0 Å². The standard InChI is InChI=1S/C20H26ClN5O3/c1-20(2,3)29-19(27)25-15-6-4-5-14(11-15)24-17-16(12-22-18(21)26-17)23-13-7-9-28-10-8-13/h4-6,11-13,23H,7-10H2,1-3H3,(H,25,27)(H,22,24,26). The van der Waals surface area contributed by atoms with Crippen molar-refractivity contribution in [1.29, 1.82) is 0 Å². The van der Waals surface area contributed by atoms with Crippen LogP contribution in [0.2, 0.25) is 5.28 Å². The number of amides is 1. The van der Waals surface area contributed by atoms with Crippen LogP contribution in [0.15, 0.2) is 30.5 Å². The molecule has 1 saturated heterocycles. The maximum absolute atomic E-state index is 12.0. The van der Waals surface area contributed by atoms with Gasteiger partial charge in [-0.2, -0.15) is 4.98 Å². The van der Waals surface area contributed by atoms with Gasteiger partial charge in [0.1, 0.15) is 5.60 Å². The van der Waals surface area contributed by atoms with Crippen LogP contribution in [0.5, 0.6) is 0 Å². The van der Waals surface area contributed by atoms with Gasteiger partial charge in [-0.15, -0.1) is 0 Å². The van der Waals surface area contributed by atoms with Crippen LogP contribution >= 0.6 is 11.6 Å². The SMILES string of the molecule is CC(C)(C)OC(=O)Nc1cccc(Nc2nc(Cl)ncc2NC2CCOCC2)c1. The molecule has 29 heavy (non-hydrogen) atoms. The van der Waals surface area contributed by atoms with Crippen molar-refractivity contribution in [3.63, 3.8) is 0 Å². The number of hydrogen-bond acceptors (Lipinski definition) is 7. The summed E-state index contributed by atoms with van der Waals surface area (Å²) in [5.74, 6) is 0.561. The summed E-state index contributed by atoms with van der Waals surface area (Å²) in [6.07, 6.45) is 2.98. The Labute approximate surface area is 175 Å². The number of carbonyl (C=O) groups is 1. The minimum Gasteiger partial charge on any atom is -0.444 e. The number of hydrogen-bond donors (Lipinski definition) is 3. The first kappa shape index (κ1) is 21.1. The Kier molecular flexibility index (Phi) is 6.76. The highest BCUT2D eigenvalue weighted by Crippen LogP contribution is 2.27. The van der Waals surface area contributed by atoms with Gasteiger partial charge in [0, 0.05) is 30.6 Å². The van der Waals surface area contributed by atoms with E-state index in [0.29, 0.717) is 11.5 Å². The molecule has 0 aliphatic carbocycles. The largest absolute Gasteiger partial charge is 0.444 e. The number of nitrogens with zero attached hydrogens (tertiary/aromatic N) is 2. The Morgan fingerprint density at radius 1 is 1.24 bits per heavy atom. The summed E-state index contributed by atoms with van der Waals surface area (Å²) in [4.78, 5) is 20.4. The number of carbonyl (C=O) groups excluding carboxylic acids is 1. The van der Waals surface area contributed by atoms with Gasteiger partial charge in [0.2, 0.25) is 5.28 Å². The second-order valence-corrected chi connectivity index (χ2v) is 8.10. The van der Waals surface area contributed by atoms with Crippen molar-refractivity contribution in [3.05, 3.63) is 35.7 Å². The molecule has 0 bridgehead atoms. The molecule has 3 N–H and O–H groups in total. The predicted molar refractivity (Wildman–Crippen MR) is 114 cm³/mol. The van der Waals surface area contributed by atoms with Crippen LogP contribution in [0.4, 0.5) is 27.7 Å². The fraction of sp³-hybridized carbons (Fsp3) is 0.450. The number of halogens is 1. The van der Waals surface area contributed by atoms with Crippen LogP contribution in [0.25, 0.3) is 0 Å². The van der Waals surface area contributed by atoms with Gasteiger partial charge in [-0.3, -0.25) is 5.32 Å². The molecule has 0 atom stereocenters. The molecule has 1 amide bonds. The normalized spacial score (nSPS) is 14.9. The van der Waals surface area contributed by atoms with E-state index in [4.69, 9.17) is 21.1 Å². The summed E-state index contributed by atoms with van der Waals surface area (Å²) in [6.45, 7) is 6.91. The van der Waals surface area contributed by atoms with E-state index in [1.807, 2.05) is 32.9 Å². The Balaban J connectivity index is 1.72. The minimum absolute atomic E-state index is 0.146. The lowest BCUT2D eigenvalue weighted by molar-refractivity contribution is 0.0636. The number of rotatable bonds is 5. The maximum Gasteiger partial charge on any atom is 0.412 e. The maximum atomic E-state index is 12.0. The second kappa shape index (κ2) is 9.28. The Morgan fingerprint density at radius 2 is 1.97 bits per heavy atom. The molecule has 3 rings (SSSR count). The molecule has 9 heteroatoms. The van der Waals surface area contributed by atoms with Crippen molar-refractivity contribution in [2.75, 3.05) is 29.2 Å². The zero-order chi connectivity index (χ0) is 20.9. The van der Waals surface area contributed by atoms with Crippen molar-refractivity contribution in [1.82, 2.24) is 9.97 Å². The molecule has 2 aromatic rings. The lowest BCUT2D eigenvalue weighted by Crippen LogP contribution is -2.28. The average molecular weight is 420 g/mol. The van der Waals surface area contributed by atoms with Crippen LogP contribution < -0.4 is 16.0 Å². The smallest absolute Gasteiger partial charge is 0.412 e. The zero-order valence-corrected chi connectivity index (χ0v) is 17.5. The number of aromatic nitrogens is 2. The van der Waals surface area contributed by atoms with Crippen LogP contribution in [-0.2, 0) is 9.47 Å². The molecule has 2 heterocycles. The van der Waals surface area contributed by atoms with Crippen molar-refractivity contribution in [2.45, 2.75) is 45.3 Å². The molecule has 1 aliphatic rings. The zero-order valence-electron chi connectivity index (χ0n) is 16.8. The Hall–Kier alpha value is -2.58. The fourth-order valence-corrected chi connectivity index (χ4v) is 2.99. The van der Waals surface area contributed by atoms with Crippen molar-refractivity contribution in [2.24, 2.45) is 0 Å². The Morgan fingerprint density at radius 3 is 2.69 bits per heavy atom. The molecule has 1 aromatic carbocycles. The van der Waals surface area contributed by atoms with Crippen LogP contribution in [0.1, 0.15) is 33.6 Å². The first-order valence-corrected chi connectivity index (χ1v) is 9.90. The quantitative estimate of drug-likeness (QED) is 0.598. The molecule has 156 valence electrons. The van der Waals surface area contributed by atoms with E-state index in [2.05, 4.69) is 25.9 Å². The molecule has 1 fully saturated rings. The van der Waals surface area contributed by atoms with Crippen LogP contribution in [0.3, 0.4) is 0 Å². The van der Waals surface area contributed by atoms with Crippen LogP contribution in [-0.4, -0.2) is 40.9 Å². The lowest BCUT2D eigenvalue weighted by atomic mass is 10.1. The van der Waals surface area contributed by atoms with E-state index in [1.54, 1.807) is 18.3 Å². The fourth-order valence-electron chi connectivity index (χ4n) is 2.86. The molecule has 0 saturated carbocycles. The topological polar surface area (TPSA) is 97.4 Å². The number of nitrogens with one attached hydrogen (secondary N) is 3. The predicted octanol–water partition coefficient (Wildman–Crippen LogP) is 4.81. The molecule has 0 spiro atoms. The third-order valence-electron chi connectivity index (χ3n) is 4.11. The van der Waals surface area contributed by atoms with E-state index in [9.17, 15) is 4.79 Å². The summed E-state index contributed by atoms with van der Waals surface area (Å²) in [7, 11) is 0. The third-order valence-corrected chi connectivity index (χ3v) is 4.29. The summed E-state index contributed by atoms with van der Waals surface area (Å²) >= 11 is 6.00. The Bertz CT molecular complexity index is 850. The molecule has 0 radical (unpaired) electrons. The van der Waals surface area contributed by atoms with Gasteiger partial charge in [-0.1, -0.05) is 6.07 Å². The van der Waals surface area contributed by atoms with Crippen LogP contribution in [0, 0.1) is 0 Å². The monoisotopic (exact) mass is 419 g/mol. The van der Waals surface area contributed by atoms with E-state index >= 15 is 0 Å². The van der Waals surface area contributed by atoms with E-state index in [0.717, 1.165) is 37.4 Å². The van der Waals surface area contributed by atoms with Gasteiger partial charge in [0.05, 0.1) is 11.9 Å². The highest BCUT2D eigenvalue weighted by atomic mass is 35.5. The highest BCUT2D eigenvalue weighted by Gasteiger charge is 2.18. The van der Waals surface area contributed by atoms with E-state index < -0.39 is 11.7 Å².